The van der Waals surface area contributed by atoms with E-state index in [0.29, 0.717) is 16.5 Å². The van der Waals surface area contributed by atoms with Crippen LogP contribution in [-0.4, -0.2) is 33.9 Å². The fraction of sp³-hybridized carbons (Fsp3) is 0.235. The Labute approximate surface area is 258 Å². The molecule has 0 unspecified atom stereocenters. The van der Waals surface area contributed by atoms with Gasteiger partial charge in [0.25, 0.3) is 5.91 Å². The summed E-state index contributed by atoms with van der Waals surface area (Å²) < 4.78 is 12.9. The Morgan fingerprint density at radius 3 is 2.51 bits per heavy atom. The molecule has 0 spiro atoms. The van der Waals surface area contributed by atoms with Crippen molar-refractivity contribution in [1.29, 1.82) is 0 Å². The minimum absolute atomic E-state index is 0.0156. The molecule has 6 rings (SSSR count). The third kappa shape index (κ3) is 5.91. The van der Waals surface area contributed by atoms with Crippen LogP contribution in [0.15, 0.2) is 66.9 Å². The first kappa shape index (κ1) is 29.0. The van der Waals surface area contributed by atoms with Crippen LogP contribution in [0.5, 0.6) is 5.75 Å². The molecule has 0 aliphatic carbocycles. The molecule has 0 saturated carbocycles. The number of hydrogen-bond donors (Lipinski definition) is 1. The van der Waals surface area contributed by atoms with E-state index in [1.165, 1.54) is 0 Å². The Bertz CT molecular complexity index is 1890. The number of amides is 1. The van der Waals surface area contributed by atoms with Crippen LogP contribution >= 0.6 is 22.9 Å². The third-order valence-corrected chi connectivity index (χ3v) is 8.47. The van der Waals surface area contributed by atoms with Gasteiger partial charge in [-0.25, -0.2) is 4.98 Å². The van der Waals surface area contributed by atoms with Gasteiger partial charge in [0.15, 0.2) is 12.4 Å². The number of aryl methyl sites for hydroxylation is 1. The molecule has 9 heteroatoms. The van der Waals surface area contributed by atoms with Gasteiger partial charge < -0.3 is 14.8 Å². The number of hydrogen-bond acceptors (Lipinski definition) is 7. The Hall–Kier alpha value is -4.11. The van der Waals surface area contributed by atoms with Crippen molar-refractivity contribution in [3.8, 4) is 38.7 Å². The van der Waals surface area contributed by atoms with E-state index in [0.717, 1.165) is 54.3 Å². The molecule has 7 nitrogen and oxygen atoms in total. The second-order valence-electron chi connectivity index (χ2n) is 11.6. The van der Waals surface area contributed by atoms with Crippen LogP contribution in [0, 0.1) is 6.92 Å². The van der Waals surface area contributed by atoms with E-state index in [-0.39, 0.29) is 18.3 Å². The first-order chi connectivity index (χ1) is 20.5. The molecule has 2 aromatic heterocycles. The Balaban J connectivity index is 1.50. The number of nitrogens with zero attached hydrogens (tertiary/aromatic N) is 2. The zero-order valence-electron chi connectivity index (χ0n) is 24.4. The van der Waals surface area contributed by atoms with Crippen LogP contribution < -0.4 is 10.1 Å². The van der Waals surface area contributed by atoms with Gasteiger partial charge in [-0.1, -0.05) is 29.8 Å². The molecular formula is C34H30ClN3O4S. The summed E-state index contributed by atoms with van der Waals surface area (Å²) in [5, 5.41) is 4.27. The quantitative estimate of drug-likeness (QED) is 0.207. The monoisotopic (exact) mass is 611 g/mol. The van der Waals surface area contributed by atoms with Crippen LogP contribution in [0.4, 0.5) is 5.69 Å². The van der Waals surface area contributed by atoms with Crippen LogP contribution in [-0.2, 0) is 14.3 Å². The van der Waals surface area contributed by atoms with Crippen molar-refractivity contribution >= 4 is 50.5 Å². The molecule has 0 bridgehead atoms. The molecule has 1 N–H and O–H groups in total. The van der Waals surface area contributed by atoms with Crippen molar-refractivity contribution < 1.29 is 19.1 Å². The SMILES string of the molecule is CC(=O)[C@@H](OC(C)(C)C)c1c(C)cc2nc(-c3ccnc(-c4ccc5c(c4)OCC(=O)N5)c3)sc2c1-c1ccc(Cl)cc1. The van der Waals surface area contributed by atoms with Crippen LogP contribution in [0.3, 0.4) is 0 Å². The van der Waals surface area contributed by atoms with Crippen LogP contribution in [0.25, 0.3) is 43.2 Å². The first-order valence-electron chi connectivity index (χ1n) is 13.9. The molecule has 218 valence electrons. The fourth-order valence-electron chi connectivity index (χ4n) is 5.23. The smallest absolute Gasteiger partial charge is 0.262 e. The maximum Gasteiger partial charge on any atom is 0.262 e. The molecule has 1 amide bonds. The zero-order chi connectivity index (χ0) is 30.5. The van der Waals surface area contributed by atoms with Crippen molar-refractivity contribution in [2.24, 2.45) is 0 Å². The number of ketones is 1. The van der Waals surface area contributed by atoms with E-state index < -0.39 is 11.7 Å². The molecule has 0 fully saturated rings. The number of aromatic nitrogens is 2. The van der Waals surface area contributed by atoms with Crippen molar-refractivity contribution in [1.82, 2.24) is 9.97 Å². The average molecular weight is 612 g/mol. The van der Waals surface area contributed by atoms with Gasteiger partial charge in [-0.15, -0.1) is 11.3 Å². The Kier molecular flexibility index (Phi) is 7.54. The molecule has 3 heterocycles. The van der Waals surface area contributed by atoms with Crippen molar-refractivity contribution in [3.05, 3.63) is 83.0 Å². The highest BCUT2D eigenvalue weighted by Crippen LogP contribution is 2.45. The molecule has 1 aliphatic rings. The van der Waals surface area contributed by atoms with Gasteiger partial charge in [0.1, 0.15) is 16.9 Å². The van der Waals surface area contributed by atoms with Crippen molar-refractivity contribution in [2.45, 2.75) is 46.3 Å². The first-order valence-corrected chi connectivity index (χ1v) is 15.1. The standard InChI is InChI=1S/C34H30ClN3O4S/c1-18-14-26-32(30(20-6-9-23(35)10-7-20)29(18)31(19(2)39)42-34(3,4)5)43-33(38-26)22-12-13-36-25(15-22)21-8-11-24-27(16-21)41-17-28(40)37-24/h6-16,31H,17H2,1-5H3,(H,37,40)/t31-/m1/s1. The number of benzene rings is 3. The largest absolute Gasteiger partial charge is 0.482 e. The van der Waals surface area contributed by atoms with Gasteiger partial charge in [-0.2, -0.15) is 0 Å². The van der Waals surface area contributed by atoms with Crippen molar-refractivity contribution in [2.75, 3.05) is 11.9 Å². The maximum atomic E-state index is 13.1. The van der Waals surface area contributed by atoms with E-state index in [9.17, 15) is 9.59 Å². The maximum absolute atomic E-state index is 13.1. The molecule has 3 aromatic carbocycles. The predicted octanol–water partition coefficient (Wildman–Crippen LogP) is 8.43. The molecule has 0 saturated heterocycles. The summed E-state index contributed by atoms with van der Waals surface area (Å²) in [5.74, 6) is 0.370. The molecular weight excluding hydrogens is 582 g/mol. The number of fused-ring (bicyclic) bond motifs is 2. The van der Waals surface area contributed by atoms with Crippen LogP contribution in [0.1, 0.15) is 44.9 Å². The van der Waals surface area contributed by atoms with Gasteiger partial charge in [-0.3, -0.25) is 14.6 Å². The summed E-state index contributed by atoms with van der Waals surface area (Å²) in [6, 6.07) is 19.2. The zero-order valence-corrected chi connectivity index (χ0v) is 26.0. The van der Waals surface area contributed by atoms with Crippen molar-refractivity contribution in [3.63, 3.8) is 0 Å². The summed E-state index contributed by atoms with van der Waals surface area (Å²) in [5.41, 5.74) is 7.09. The second-order valence-corrected chi connectivity index (χ2v) is 13.0. The van der Waals surface area contributed by atoms with Gasteiger partial charge in [0.05, 0.1) is 27.2 Å². The normalized spacial score (nSPS) is 13.8. The highest BCUT2D eigenvalue weighted by atomic mass is 35.5. The van der Waals surface area contributed by atoms with Gasteiger partial charge in [0.2, 0.25) is 0 Å². The number of pyridine rings is 1. The van der Waals surface area contributed by atoms with Gasteiger partial charge in [-0.05, 0) is 88.2 Å². The summed E-state index contributed by atoms with van der Waals surface area (Å²) in [6.07, 6.45) is 1.02. The molecule has 0 radical (unpaired) electrons. The molecule has 5 aromatic rings. The fourth-order valence-corrected chi connectivity index (χ4v) is 6.48. The van der Waals surface area contributed by atoms with Gasteiger partial charge in [0, 0.05) is 33.5 Å². The summed E-state index contributed by atoms with van der Waals surface area (Å²) in [4.78, 5) is 34.4. The lowest BCUT2D eigenvalue weighted by Gasteiger charge is -2.29. The number of carbonyl (C=O) groups excluding carboxylic acids is 2. The lowest BCUT2D eigenvalue weighted by atomic mass is 9.90. The topological polar surface area (TPSA) is 90.4 Å². The number of thiazole rings is 1. The summed E-state index contributed by atoms with van der Waals surface area (Å²) in [7, 11) is 0. The summed E-state index contributed by atoms with van der Waals surface area (Å²) >= 11 is 7.82. The summed E-state index contributed by atoms with van der Waals surface area (Å²) in [6.45, 7) is 9.42. The van der Waals surface area contributed by atoms with Gasteiger partial charge >= 0.3 is 0 Å². The van der Waals surface area contributed by atoms with E-state index >= 15 is 0 Å². The Morgan fingerprint density at radius 1 is 1.05 bits per heavy atom. The molecule has 43 heavy (non-hydrogen) atoms. The third-order valence-electron chi connectivity index (χ3n) is 7.08. The average Bonchev–Trinajstić information content (AvgIpc) is 3.39. The number of halogens is 1. The predicted molar refractivity (Wildman–Crippen MR) is 172 cm³/mol. The minimum Gasteiger partial charge on any atom is -0.482 e. The number of nitrogens with one attached hydrogen (secondary N) is 1. The lowest BCUT2D eigenvalue weighted by molar-refractivity contribution is -0.138. The Morgan fingerprint density at radius 2 is 1.79 bits per heavy atom. The molecule has 1 aliphatic heterocycles. The number of rotatable bonds is 6. The van der Waals surface area contributed by atoms with E-state index in [1.807, 2.05) is 88.4 Å². The van der Waals surface area contributed by atoms with Crippen LogP contribution in [0.2, 0.25) is 5.02 Å². The number of Topliss-reactive ketones (excluding diaryl/α,β-unsaturated/α-hetero) is 1. The number of carbonyl (C=O) groups is 2. The van der Waals surface area contributed by atoms with E-state index in [2.05, 4.69) is 10.3 Å². The number of anilines is 1. The minimum atomic E-state index is -0.746. The highest BCUT2D eigenvalue weighted by Gasteiger charge is 2.30. The lowest BCUT2D eigenvalue weighted by Crippen LogP contribution is -2.27. The highest BCUT2D eigenvalue weighted by molar-refractivity contribution is 7.22. The van der Waals surface area contributed by atoms with E-state index in [1.54, 1.807) is 24.5 Å². The van der Waals surface area contributed by atoms with E-state index in [4.69, 9.17) is 26.1 Å². The second kappa shape index (κ2) is 11.2. The molecule has 1 atom stereocenters. The number of ether oxygens (including phenoxy) is 2.